The molecule has 7 heteroatoms. The van der Waals surface area contributed by atoms with E-state index in [1.807, 2.05) is 24.3 Å². The Balaban J connectivity index is 1.87. The monoisotopic (exact) mass is 259 g/mol. The molecule has 98 valence electrons. The Labute approximate surface area is 109 Å². The van der Waals surface area contributed by atoms with Gasteiger partial charge >= 0.3 is 0 Å². The van der Waals surface area contributed by atoms with Gasteiger partial charge in [0.25, 0.3) is 5.91 Å². The molecule has 2 aromatic rings. The lowest BCUT2D eigenvalue weighted by Gasteiger charge is -2.00. The second-order valence-corrected chi connectivity index (χ2v) is 3.66. The maximum absolute atomic E-state index is 11.5. The summed E-state index contributed by atoms with van der Waals surface area (Å²) in [6.07, 6.45) is 4.37. The van der Waals surface area contributed by atoms with E-state index in [0.29, 0.717) is 0 Å². The molecular formula is C12H13N5O2. The Bertz CT molecular complexity index is 565. The third-order valence-corrected chi connectivity index (χ3v) is 2.27. The van der Waals surface area contributed by atoms with Crippen LogP contribution in [0, 0.1) is 0 Å². The topological polar surface area (TPSA) is 81.4 Å². The van der Waals surface area contributed by atoms with Gasteiger partial charge in [0, 0.05) is 0 Å². The maximum atomic E-state index is 11.5. The molecule has 0 unspecified atom stereocenters. The number of methoxy groups -OCH3 is 1. The van der Waals surface area contributed by atoms with Gasteiger partial charge in [0.05, 0.1) is 13.3 Å². The number of hydrogen-bond acceptors (Lipinski definition) is 5. The van der Waals surface area contributed by atoms with Crippen LogP contribution in [0.1, 0.15) is 5.56 Å². The molecule has 0 fully saturated rings. The Hall–Kier alpha value is -2.70. The molecule has 0 bridgehead atoms. The first-order valence-electron chi connectivity index (χ1n) is 5.56. The number of amides is 1. The molecule has 0 saturated heterocycles. The number of nitrogens with zero attached hydrogens (tertiary/aromatic N) is 4. The third kappa shape index (κ3) is 3.91. The van der Waals surface area contributed by atoms with E-state index in [2.05, 4.69) is 20.6 Å². The molecule has 1 amide bonds. The van der Waals surface area contributed by atoms with Crippen molar-refractivity contribution < 1.29 is 9.53 Å². The lowest BCUT2D eigenvalue weighted by atomic mass is 10.2. The van der Waals surface area contributed by atoms with Gasteiger partial charge in [-0.15, -0.1) is 0 Å². The van der Waals surface area contributed by atoms with E-state index >= 15 is 0 Å². The summed E-state index contributed by atoms with van der Waals surface area (Å²) < 4.78 is 6.50. The molecule has 0 radical (unpaired) electrons. The van der Waals surface area contributed by atoms with Crippen molar-refractivity contribution >= 4 is 12.1 Å². The van der Waals surface area contributed by atoms with Crippen LogP contribution in [0.5, 0.6) is 5.75 Å². The van der Waals surface area contributed by atoms with Crippen molar-refractivity contribution in [3.05, 3.63) is 42.5 Å². The van der Waals surface area contributed by atoms with Gasteiger partial charge in [-0.05, 0) is 17.7 Å². The van der Waals surface area contributed by atoms with E-state index in [4.69, 9.17) is 4.74 Å². The molecule has 0 aliphatic rings. The van der Waals surface area contributed by atoms with Crippen LogP contribution < -0.4 is 10.2 Å². The number of carbonyl (C=O) groups excluding carboxylic acids is 1. The van der Waals surface area contributed by atoms with Crippen LogP contribution in [0.2, 0.25) is 0 Å². The van der Waals surface area contributed by atoms with Crippen LogP contribution >= 0.6 is 0 Å². The fraction of sp³-hybridized carbons (Fsp3) is 0.167. The first-order valence-corrected chi connectivity index (χ1v) is 5.56. The minimum Gasteiger partial charge on any atom is -0.497 e. The first kappa shape index (κ1) is 12.7. The average molecular weight is 259 g/mol. The maximum Gasteiger partial charge on any atom is 0.261 e. The summed E-state index contributed by atoms with van der Waals surface area (Å²) in [6, 6.07) is 7.35. The van der Waals surface area contributed by atoms with E-state index in [9.17, 15) is 4.79 Å². The fourth-order valence-electron chi connectivity index (χ4n) is 1.40. The van der Waals surface area contributed by atoms with Gasteiger partial charge in [-0.3, -0.25) is 4.79 Å². The quantitative estimate of drug-likeness (QED) is 0.624. The number of benzene rings is 1. The van der Waals surface area contributed by atoms with Gasteiger partial charge in [-0.2, -0.15) is 10.2 Å². The number of aromatic nitrogens is 3. The molecule has 1 aromatic heterocycles. The standard InChI is InChI=1S/C12H13N5O2/c1-19-11-4-2-3-10(5-11)6-14-16-12(18)7-17-9-13-8-15-17/h2-6,8-9H,7H2,1H3,(H,16,18). The SMILES string of the molecule is COc1cccc(C=NNC(=O)Cn2cncn2)c1. The van der Waals surface area contributed by atoms with Crippen LogP contribution in [-0.4, -0.2) is 34.0 Å². The first-order chi connectivity index (χ1) is 9.28. The van der Waals surface area contributed by atoms with Crippen LogP contribution in [0.15, 0.2) is 42.0 Å². The van der Waals surface area contributed by atoms with Crippen molar-refractivity contribution in [2.75, 3.05) is 7.11 Å². The number of carbonyl (C=O) groups is 1. The average Bonchev–Trinajstić information content (AvgIpc) is 2.92. The summed E-state index contributed by atoms with van der Waals surface area (Å²) in [5.41, 5.74) is 3.24. The molecule has 0 saturated carbocycles. The van der Waals surface area contributed by atoms with Gasteiger partial charge in [-0.1, -0.05) is 12.1 Å². The van der Waals surface area contributed by atoms with Crippen LogP contribution in [0.3, 0.4) is 0 Å². The zero-order valence-electron chi connectivity index (χ0n) is 10.4. The van der Waals surface area contributed by atoms with Crippen molar-refractivity contribution in [2.24, 2.45) is 5.10 Å². The summed E-state index contributed by atoms with van der Waals surface area (Å²) in [5, 5.41) is 7.68. The minimum atomic E-state index is -0.273. The summed E-state index contributed by atoms with van der Waals surface area (Å²) in [6.45, 7) is 0.0788. The van der Waals surface area contributed by atoms with Gasteiger partial charge in [-0.25, -0.2) is 15.1 Å². The molecule has 0 aliphatic heterocycles. The summed E-state index contributed by atoms with van der Waals surface area (Å²) >= 11 is 0. The highest BCUT2D eigenvalue weighted by atomic mass is 16.5. The predicted molar refractivity (Wildman–Crippen MR) is 68.8 cm³/mol. The zero-order valence-corrected chi connectivity index (χ0v) is 10.4. The number of rotatable bonds is 5. The number of ether oxygens (including phenoxy) is 1. The Morgan fingerprint density at radius 1 is 1.58 bits per heavy atom. The van der Waals surface area contributed by atoms with Gasteiger partial charge in [0.2, 0.25) is 0 Å². The largest absolute Gasteiger partial charge is 0.497 e. The Morgan fingerprint density at radius 3 is 3.21 bits per heavy atom. The molecule has 19 heavy (non-hydrogen) atoms. The normalized spacial score (nSPS) is 10.6. The minimum absolute atomic E-state index is 0.0788. The molecule has 0 spiro atoms. The molecule has 0 aliphatic carbocycles. The smallest absolute Gasteiger partial charge is 0.261 e. The highest BCUT2D eigenvalue weighted by molar-refractivity contribution is 5.82. The van der Waals surface area contributed by atoms with E-state index < -0.39 is 0 Å². The highest BCUT2D eigenvalue weighted by Crippen LogP contribution is 2.10. The van der Waals surface area contributed by atoms with Crippen molar-refractivity contribution in [1.82, 2.24) is 20.2 Å². The van der Waals surface area contributed by atoms with E-state index in [1.54, 1.807) is 13.3 Å². The van der Waals surface area contributed by atoms with Crippen LogP contribution in [0.4, 0.5) is 0 Å². The Morgan fingerprint density at radius 2 is 2.47 bits per heavy atom. The summed E-state index contributed by atoms with van der Waals surface area (Å²) in [7, 11) is 1.59. The van der Waals surface area contributed by atoms with Crippen molar-refractivity contribution in [3.63, 3.8) is 0 Å². The third-order valence-electron chi connectivity index (χ3n) is 2.27. The van der Waals surface area contributed by atoms with Gasteiger partial charge in [0.1, 0.15) is 24.9 Å². The van der Waals surface area contributed by atoms with Crippen LogP contribution in [-0.2, 0) is 11.3 Å². The second kappa shape index (κ2) is 6.29. The number of hydrogen-bond donors (Lipinski definition) is 1. The lowest BCUT2D eigenvalue weighted by Crippen LogP contribution is -2.23. The molecule has 1 heterocycles. The molecule has 1 N–H and O–H groups in total. The Kier molecular flexibility index (Phi) is 4.22. The van der Waals surface area contributed by atoms with E-state index in [-0.39, 0.29) is 12.5 Å². The molecule has 0 atom stereocenters. The van der Waals surface area contributed by atoms with Gasteiger partial charge in [0.15, 0.2) is 0 Å². The zero-order chi connectivity index (χ0) is 13.5. The molecular weight excluding hydrogens is 246 g/mol. The molecule has 2 rings (SSSR count). The second-order valence-electron chi connectivity index (χ2n) is 3.66. The summed E-state index contributed by atoms with van der Waals surface area (Å²) in [4.78, 5) is 15.2. The summed E-state index contributed by atoms with van der Waals surface area (Å²) in [5.74, 6) is 0.461. The highest BCUT2D eigenvalue weighted by Gasteiger charge is 2.00. The fourth-order valence-corrected chi connectivity index (χ4v) is 1.40. The van der Waals surface area contributed by atoms with Crippen LogP contribution in [0.25, 0.3) is 0 Å². The van der Waals surface area contributed by atoms with E-state index in [0.717, 1.165) is 11.3 Å². The number of hydrazone groups is 1. The van der Waals surface area contributed by atoms with E-state index in [1.165, 1.54) is 17.3 Å². The van der Waals surface area contributed by atoms with Gasteiger partial charge < -0.3 is 4.74 Å². The van der Waals surface area contributed by atoms with Crippen molar-refractivity contribution in [3.8, 4) is 5.75 Å². The number of nitrogens with one attached hydrogen (secondary N) is 1. The molecule has 1 aromatic carbocycles. The molecule has 7 nitrogen and oxygen atoms in total. The predicted octanol–water partition coefficient (Wildman–Crippen LogP) is 0.437. The van der Waals surface area contributed by atoms with Crippen molar-refractivity contribution in [2.45, 2.75) is 6.54 Å². The lowest BCUT2D eigenvalue weighted by molar-refractivity contribution is -0.121. The van der Waals surface area contributed by atoms with Crippen molar-refractivity contribution in [1.29, 1.82) is 0 Å².